The van der Waals surface area contributed by atoms with Crippen LogP contribution in [0.4, 0.5) is 11.6 Å². The van der Waals surface area contributed by atoms with Crippen LogP contribution in [0.3, 0.4) is 0 Å². The number of aromatic nitrogens is 5. The van der Waals surface area contributed by atoms with Gasteiger partial charge in [0.05, 0.1) is 23.4 Å². The number of nitrogens with zero attached hydrogens (tertiary/aromatic N) is 5. The van der Waals surface area contributed by atoms with Crippen LogP contribution in [-0.4, -0.2) is 43.6 Å². The highest BCUT2D eigenvalue weighted by molar-refractivity contribution is 5.85. The Bertz CT molecular complexity index is 1140. The molecule has 0 bridgehead atoms. The molecule has 174 valence electrons. The number of hydrogen-bond donors (Lipinski definition) is 1. The number of ether oxygens (including phenoxy) is 2. The molecule has 5 rings (SSSR count). The van der Waals surface area contributed by atoms with E-state index in [4.69, 9.17) is 19.4 Å². The molecule has 0 spiro atoms. The van der Waals surface area contributed by atoms with Gasteiger partial charge in [0.1, 0.15) is 11.6 Å². The van der Waals surface area contributed by atoms with Crippen molar-refractivity contribution in [2.75, 3.05) is 18.5 Å². The summed E-state index contributed by atoms with van der Waals surface area (Å²) < 4.78 is 16.0. The molecule has 0 radical (unpaired) electrons. The second kappa shape index (κ2) is 9.79. The van der Waals surface area contributed by atoms with Gasteiger partial charge in [0.25, 0.3) is 0 Å². The van der Waals surface area contributed by atoms with E-state index in [-0.39, 0.29) is 6.10 Å². The minimum Gasteiger partial charge on any atom is -0.473 e. The Morgan fingerprint density at radius 2 is 2.00 bits per heavy atom. The minimum absolute atomic E-state index is 0.188. The van der Waals surface area contributed by atoms with Crippen LogP contribution in [0.15, 0.2) is 43.4 Å². The van der Waals surface area contributed by atoms with E-state index >= 15 is 0 Å². The number of anilines is 2. The predicted molar refractivity (Wildman–Crippen MR) is 130 cm³/mol. The molecule has 33 heavy (non-hydrogen) atoms. The third-order valence-corrected chi connectivity index (χ3v) is 6.49. The van der Waals surface area contributed by atoms with Crippen molar-refractivity contribution in [3.8, 4) is 5.88 Å². The van der Waals surface area contributed by atoms with Crippen molar-refractivity contribution in [2.45, 2.75) is 64.0 Å². The lowest BCUT2D eigenvalue weighted by molar-refractivity contribution is 0.0662. The highest BCUT2D eigenvalue weighted by atomic mass is 16.5. The minimum atomic E-state index is 0.188. The Labute approximate surface area is 194 Å². The standard InChI is InChI=1S/C25H32N6O2/c1-3-7-18(2)30-13-10-22-23(30)24(33-21-8-5-4-6-9-21)29-25(28-22)27-19-16-26-31(17-19)20-11-14-32-15-12-20/h3,7,10,13,16-17,20-21H,1,4-6,8-9,11-12,14-15H2,2H3,(H,27,28,29)/b18-7+. The smallest absolute Gasteiger partial charge is 0.244 e. The van der Waals surface area contributed by atoms with Crippen molar-refractivity contribution in [1.82, 2.24) is 24.3 Å². The fourth-order valence-corrected chi connectivity index (χ4v) is 4.72. The van der Waals surface area contributed by atoms with Crippen molar-refractivity contribution in [1.29, 1.82) is 0 Å². The Balaban J connectivity index is 1.46. The number of fused-ring (bicyclic) bond motifs is 1. The number of allylic oxidation sites excluding steroid dienone is 3. The summed E-state index contributed by atoms with van der Waals surface area (Å²) in [6, 6.07) is 2.37. The summed E-state index contributed by atoms with van der Waals surface area (Å²) in [6.07, 6.45) is 17.6. The van der Waals surface area contributed by atoms with Crippen LogP contribution in [0.5, 0.6) is 5.88 Å². The topological polar surface area (TPSA) is 79.0 Å². The third-order valence-electron chi connectivity index (χ3n) is 6.49. The maximum atomic E-state index is 6.47. The van der Waals surface area contributed by atoms with Crippen LogP contribution in [0.25, 0.3) is 16.7 Å². The summed E-state index contributed by atoms with van der Waals surface area (Å²) in [5, 5.41) is 7.89. The molecule has 2 aliphatic rings. The third kappa shape index (κ3) is 4.80. The molecule has 1 aliphatic carbocycles. The summed E-state index contributed by atoms with van der Waals surface area (Å²) in [6.45, 7) is 7.44. The van der Waals surface area contributed by atoms with Gasteiger partial charge in [-0.3, -0.25) is 4.68 Å². The Hall–Kier alpha value is -3.13. The summed E-state index contributed by atoms with van der Waals surface area (Å²) in [4.78, 5) is 9.59. The highest BCUT2D eigenvalue weighted by Crippen LogP contribution is 2.32. The molecule has 4 heterocycles. The molecule has 8 nitrogen and oxygen atoms in total. The maximum Gasteiger partial charge on any atom is 0.244 e. The SMILES string of the molecule is C=C/C=C(\C)n1ccc2nc(Nc3cnn(C4CCOCC4)c3)nc(OC3CCCCC3)c21. The molecule has 3 aromatic heterocycles. The van der Waals surface area contributed by atoms with Crippen LogP contribution in [0.1, 0.15) is 57.9 Å². The van der Waals surface area contributed by atoms with E-state index in [0.717, 1.165) is 61.3 Å². The molecule has 1 N–H and O–H groups in total. The molecule has 0 unspecified atom stereocenters. The second-order valence-electron chi connectivity index (χ2n) is 8.87. The van der Waals surface area contributed by atoms with Gasteiger partial charge in [-0.15, -0.1) is 0 Å². The molecule has 2 fully saturated rings. The van der Waals surface area contributed by atoms with Gasteiger partial charge in [0.2, 0.25) is 11.8 Å². The summed E-state index contributed by atoms with van der Waals surface area (Å²) in [7, 11) is 0. The molecule has 8 heteroatoms. The first-order chi connectivity index (χ1) is 16.2. The lowest BCUT2D eigenvalue weighted by Gasteiger charge is -2.23. The molecule has 0 atom stereocenters. The molecular formula is C25H32N6O2. The average Bonchev–Trinajstić information content (AvgIpc) is 3.48. The van der Waals surface area contributed by atoms with Crippen molar-refractivity contribution in [3.05, 3.63) is 43.4 Å². The first kappa shape index (κ1) is 21.7. The average molecular weight is 449 g/mol. The highest BCUT2D eigenvalue weighted by Gasteiger charge is 2.21. The van der Waals surface area contributed by atoms with E-state index in [1.54, 1.807) is 6.08 Å². The molecule has 0 amide bonds. The van der Waals surface area contributed by atoms with Crippen LogP contribution < -0.4 is 10.1 Å². The van der Waals surface area contributed by atoms with Gasteiger partial charge in [0, 0.05) is 31.3 Å². The zero-order valence-electron chi connectivity index (χ0n) is 19.2. The van der Waals surface area contributed by atoms with Crippen molar-refractivity contribution >= 4 is 28.4 Å². The van der Waals surface area contributed by atoms with Crippen LogP contribution in [0, 0.1) is 0 Å². The Morgan fingerprint density at radius 1 is 1.18 bits per heavy atom. The molecule has 0 aromatic carbocycles. The summed E-state index contributed by atoms with van der Waals surface area (Å²) >= 11 is 0. The van der Waals surface area contributed by atoms with Crippen LogP contribution in [-0.2, 0) is 4.74 Å². The summed E-state index contributed by atoms with van der Waals surface area (Å²) in [5.41, 5.74) is 3.63. The molecule has 1 saturated carbocycles. The second-order valence-corrected chi connectivity index (χ2v) is 8.87. The first-order valence-corrected chi connectivity index (χ1v) is 12.0. The normalized spacial score (nSPS) is 18.5. The van der Waals surface area contributed by atoms with E-state index in [2.05, 4.69) is 21.6 Å². The van der Waals surface area contributed by atoms with Gasteiger partial charge >= 0.3 is 0 Å². The molecule has 1 aliphatic heterocycles. The van der Waals surface area contributed by atoms with Gasteiger partial charge in [-0.2, -0.15) is 10.1 Å². The van der Waals surface area contributed by atoms with Crippen LogP contribution in [0.2, 0.25) is 0 Å². The maximum absolute atomic E-state index is 6.47. The van der Waals surface area contributed by atoms with E-state index in [1.807, 2.05) is 42.3 Å². The number of hydrogen-bond acceptors (Lipinski definition) is 6. The zero-order valence-corrected chi connectivity index (χ0v) is 19.2. The predicted octanol–water partition coefficient (Wildman–Crippen LogP) is 5.48. The van der Waals surface area contributed by atoms with Crippen molar-refractivity contribution < 1.29 is 9.47 Å². The van der Waals surface area contributed by atoms with Crippen molar-refractivity contribution in [2.24, 2.45) is 0 Å². The molecule has 1 saturated heterocycles. The fourth-order valence-electron chi connectivity index (χ4n) is 4.72. The van der Waals surface area contributed by atoms with E-state index in [9.17, 15) is 0 Å². The quantitative estimate of drug-likeness (QED) is 0.482. The first-order valence-electron chi connectivity index (χ1n) is 12.0. The zero-order chi connectivity index (χ0) is 22.6. The van der Waals surface area contributed by atoms with Gasteiger partial charge in [-0.25, -0.2) is 4.98 Å². The summed E-state index contributed by atoms with van der Waals surface area (Å²) in [5.74, 6) is 1.14. The van der Waals surface area contributed by atoms with E-state index in [1.165, 1.54) is 19.3 Å². The Kier molecular flexibility index (Phi) is 6.44. The molecule has 3 aromatic rings. The Morgan fingerprint density at radius 3 is 2.79 bits per heavy atom. The lowest BCUT2D eigenvalue weighted by Crippen LogP contribution is -2.21. The van der Waals surface area contributed by atoms with Gasteiger partial charge in [0.15, 0.2) is 0 Å². The lowest BCUT2D eigenvalue weighted by atomic mass is 9.98. The van der Waals surface area contributed by atoms with Crippen molar-refractivity contribution in [3.63, 3.8) is 0 Å². The largest absolute Gasteiger partial charge is 0.473 e. The van der Waals surface area contributed by atoms with Gasteiger partial charge in [-0.05, 0) is 57.6 Å². The van der Waals surface area contributed by atoms with Gasteiger partial charge < -0.3 is 19.4 Å². The van der Waals surface area contributed by atoms with Gasteiger partial charge in [-0.1, -0.05) is 19.1 Å². The number of nitrogens with one attached hydrogen (secondary N) is 1. The van der Waals surface area contributed by atoms with Crippen LogP contribution >= 0.6 is 0 Å². The molecular weight excluding hydrogens is 416 g/mol. The number of rotatable bonds is 7. The monoisotopic (exact) mass is 448 g/mol. The van der Waals surface area contributed by atoms with E-state index < -0.39 is 0 Å². The van der Waals surface area contributed by atoms with E-state index in [0.29, 0.717) is 17.9 Å². The fraction of sp³-hybridized carbons (Fsp3) is 0.480.